The average molecular weight is 292 g/mol. The number of anilines is 2. The zero-order chi connectivity index (χ0) is 15.4. The van der Waals surface area contributed by atoms with E-state index in [2.05, 4.69) is 10.6 Å². The molecule has 7 heteroatoms. The molecule has 1 saturated heterocycles. The van der Waals surface area contributed by atoms with Gasteiger partial charge in [-0.1, -0.05) is 6.07 Å². The Labute approximate surface area is 123 Å². The number of rotatable bonds is 4. The van der Waals surface area contributed by atoms with Crippen LogP contribution in [-0.4, -0.2) is 37.5 Å². The number of nitro groups is 1. The first-order chi connectivity index (χ1) is 10.1. The van der Waals surface area contributed by atoms with E-state index in [1.165, 1.54) is 0 Å². The van der Waals surface area contributed by atoms with Crippen molar-refractivity contribution in [2.45, 2.75) is 25.3 Å². The van der Waals surface area contributed by atoms with Crippen molar-refractivity contribution in [3.63, 3.8) is 0 Å². The number of hydrogen-bond acceptors (Lipinski definition) is 5. The van der Waals surface area contributed by atoms with Gasteiger partial charge < -0.3 is 15.5 Å². The summed E-state index contributed by atoms with van der Waals surface area (Å²) >= 11 is 0. The largest absolute Gasteiger partial charge is 0.382 e. The van der Waals surface area contributed by atoms with Crippen LogP contribution >= 0.6 is 0 Å². The lowest BCUT2D eigenvalue weighted by Gasteiger charge is -2.36. The Hall–Kier alpha value is -2.31. The van der Waals surface area contributed by atoms with E-state index in [1.54, 1.807) is 32.3 Å². The van der Waals surface area contributed by atoms with Gasteiger partial charge in [0.15, 0.2) is 0 Å². The van der Waals surface area contributed by atoms with Gasteiger partial charge in [-0.15, -0.1) is 0 Å². The summed E-state index contributed by atoms with van der Waals surface area (Å²) in [7, 11) is 3.24. The third-order valence-electron chi connectivity index (χ3n) is 3.83. The fourth-order valence-corrected chi connectivity index (χ4v) is 2.82. The van der Waals surface area contributed by atoms with Crippen molar-refractivity contribution in [1.29, 1.82) is 0 Å². The van der Waals surface area contributed by atoms with Crippen LogP contribution in [0.3, 0.4) is 0 Å². The van der Waals surface area contributed by atoms with Gasteiger partial charge in [0.1, 0.15) is 17.4 Å². The summed E-state index contributed by atoms with van der Waals surface area (Å²) in [5.41, 5.74) is 0.981. The minimum Gasteiger partial charge on any atom is -0.382 e. The van der Waals surface area contributed by atoms with Gasteiger partial charge in [0.25, 0.3) is 0 Å². The van der Waals surface area contributed by atoms with Gasteiger partial charge in [0, 0.05) is 20.6 Å². The molecule has 0 aromatic heterocycles. The van der Waals surface area contributed by atoms with Crippen LogP contribution in [0.1, 0.15) is 19.3 Å². The van der Waals surface area contributed by atoms with Crippen LogP contribution in [0.5, 0.6) is 0 Å². The van der Waals surface area contributed by atoms with Gasteiger partial charge in [0.05, 0.1) is 4.92 Å². The molecule has 1 aromatic carbocycles. The first kappa shape index (κ1) is 15.1. The molecule has 1 aliphatic heterocycles. The minimum atomic E-state index is -0.392. The number of carbonyl (C=O) groups excluding carboxylic acids is 1. The van der Waals surface area contributed by atoms with Gasteiger partial charge in [-0.25, -0.2) is 0 Å². The van der Waals surface area contributed by atoms with Gasteiger partial charge in [-0.05, 0) is 31.4 Å². The highest BCUT2D eigenvalue weighted by molar-refractivity contribution is 5.88. The summed E-state index contributed by atoms with van der Waals surface area (Å²) in [6, 6.07) is 4.79. The van der Waals surface area contributed by atoms with E-state index in [4.69, 9.17) is 0 Å². The maximum atomic E-state index is 12.0. The third kappa shape index (κ3) is 2.91. The summed E-state index contributed by atoms with van der Waals surface area (Å²) in [4.78, 5) is 24.9. The van der Waals surface area contributed by atoms with Gasteiger partial charge in [-0.2, -0.15) is 0 Å². The minimum absolute atomic E-state index is 0.0239. The van der Waals surface area contributed by atoms with Crippen molar-refractivity contribution in [2.75, 3.05) is 30.9 Å². The molecule has 21 heavy (non-hydrogen) atoms. The van der Waals surface area contributed by atoms with E-state index in [0.717, 1.165) is 12.8 Å². The molecule has 1 amide bonds. The van der Waals surface area contributed by atoms with E-state index in [-0.39, 0.29) is 17.6 Å². The molecule has 0 bridgehead atoms. The summed E-state index contributed by atoms with van der Waals surface area (Å²) in [5, 5.41) is 16.9. The molecule has 2 rings (SSSR count). The fourth-order valence-electron chi connectivity index (χ4n) is 2.82. The molecule has 2 N–H and O–H groups in total. The van der Waals surface area contributed by atoms with Gasteiger partial charge in [0.2, 0.25) is 5.91 Å². The first-order valence-corrected chi connectivity index (χ1v) is 7.03. The van der Waals surface area contributed by atoms with E-state index < -0.39 is 4.92 Å². The summed E-state index contributed by atoms with van der Waals surface area (Å²) < 4.78 is 0. The molecule has 0 radical (unpaired) electrons. The maximum absolute atomic E-state index is 12.0. The Morgan fingerprint density at radius 1 is 1.38 bits per heavy atom. The number of amides is 1. The molecule has 7 nitrogen and oxygen atoms in total. The Bertz CT molecular complexity index is 547. The van der Waals surface area contributed by atoms with Crippen molar-refractivity contribution < 1.29 is 9.72 Å². The van der Waals surface area contributed by atoms with Crippen LogP contribution in [0, 0.1) is 10.1 Å². The first-order valence-electron chi connectivity index (χ1n) is 7.03. The van der Waals surface area contributed by atoms with Gasteiger partial charge >= 0.3 is 5.69 Å². The lowest BCUT2D eigenvalue weighted by molar-refractivity contribution is -0.383. The SMILES string of the molecule is CNC(=O)C1CCCCN1c1cccc(NC)c1[N+](=O)[O-]. The molecule has 0 spiro atoms. The number of para-hydroxylation sites is 1. The van der Waals surface area contributed by atoms with Crippen LogP contribution in [0.15, 0.2) is 18.2 Å². The predicted octanol–water partition coefficient (Wildman–Crippen LogP) is 1.74. The molecule has 1 unspecified atom stereocenters. The maximum Gasteiger partial charge on any atom is 0.315 e. The normalized spacial score (nSPS) is 18.2. The third-order valence-corrected chi connectivity index (χ3v) is 3.83. The number of likely N-dealkylation sites (N-methyl/N-ethyl adjacent to an activating group) is 1. The van der Waals surface area contributed by atoms with Crippen LogP contribution in [0.4, 0.5) is 17.1 Å². The molecular weight excluding hydrogens is 272 g/mol. The van der Waals surface area contributed by atoms with Crippen molar-refractivity contribution in [3.8, 4) is 0 Å². The zero-order valence-corrected chi connectivity index (χ0v) is 12.3. The van der Waals surface area contributed by atoms with Crippen LogP contribution in [0.2, 0.25) is 0 Å². The molecule has 1 aliphatic rings. The smallest absolute Gasteiger partial charge is 0.315 e. The molecule has 1 atom stereocenters. The van der Waals surface area contributed by atoms with Crippen molar-refractivity contribution in [3.05, 3.63) is 28.3 Å². The fraction of sp³-hybridized carbons (Fsp3) is 0.500. The van der Waals surface area contributed by atoms with Crippen molar-refractivity contribution in [1.82, 2.24) is 5.32 Å². The molecular formula is C14H20N4O3. The summed E-state index contributed by atoms with van der Waals surface area (Å²) in [6.45, 7) is 0.645. The standard InChI is InChI=1S/C14H20N4O3/c1-15-10-6-5-8-11(13(10)18(20)21)17-9-4-3-7-12(17)14(19)16-2/h5-6,8,12,15H,3-4,7,9H2,1-2H3,(H,16,19). The Morgan fingerprint density at radius 2 is 2.14 bits per heavy atom. The lowest BCUT2D eigenvalue weighted by Crippen LogP contribution is -2.49. The van der Waals surface area contributed by atoms with Crippen LogP contribution < -0.4 is 15.5 Å². The number of hydrogen-bond donors (Lipinski definition) is 2. The highest BCUT2D eigenvalue weighted by Crippen LogP contribution is 2.38. The number of piperidine rings is 1. The molecule has 0 aliphatic carbocycles. The highest BCUT2D eigenvalue weighted by atomic mass is 16.6. The number of carbonyl (C=O) groups is 1. The van der Waals surface area contributed by atoms with Crippen LogP contribution in [-0.2, 0) is 4.79 Å². The van der Waals surface area contributed by atoms with E-state index in [9.17, 15) is 14.9 Å². The van der Waals surface area contributed by atoms with Crippen molar-refractivity contribution in [2.24, 2.45) is 0 Å². The molecule has 1 heterocycles. The number of nitrogens with one attached hydrogen (secondary N) is 2. The molecule has 1 aromatic rings. The second-order valence-corrected chi connectivity index (χ2v) is 5.00. The molecule has 1 fully saturated rings. The predicted molar refractivity (Wildman–Crippen MR) is 81.7 cm³/mol. The zero-order valence-electron chi connectivity index (χ0n) is 12.3. The second-order valence-electron chi connectivity index (χ2n) is 5.00. The summed E-state index contributed by atoms with van der Waals surface area (Å²) in [5.74, 6) is -0.0983. The monoisotopic (exact) mass is 292 g/mol. The van der Waals surface area contributed by atoms with E-state index in [0.29, 0.717) is 24.3 Å². The summed E-state index contributed by atoms with van der Waals surface area (Å²) in [6.07, 6.45) is 2.59. The van der Waals surface area contributed by atoms with Crippen LogP contribution in [0.25, 0.3) is 0 Å². The second kappa shape index (κ2) is 6.43. The molecule has 0 saturated carbocycles. The Morgan fingerprint density at radius 3 is 2.76 bits per heavy atom. The highest BCUT2D eigenvalue weighted by Gasteiger charge is 2.33. The lowest BCUT2D eigenvalue weighted by atomic mass is 10.00. The number of nitrogens with zero attached hydrogens (tertiary/aromatic N) is 2. The Kier molecular flexibility index (Phi) is 4.62. The number of nitro benzene ring substituents is 1. The van der Waals surface area contributed by atoms with Crippen molar-refractivity contribution >= 4 is 23.0 Å². The quantitative estimate of drug-likeness (QED) is 0.652. The average Bonchev–Trinajstić information content (AvgIpc) is 2.53. The number of benzene rings is 1. The molecule has 114 valence electrons. The Balaban J connectivity index is 2.48. The van der Waals surface area contributed by atoms with E-state index >= 15 is 0 Å². The topological polar surface area (TPSA) is 87.5 Å². The van der Waals surface area contributed by atoms with Gasteiger partial charge in [-0.3, -0.25) is 14.9 Å². The van der Waals surface area contributed by atoms with E-state index in [1.807, 2.05) is 4.90 Å².